The molecule has 126 valence electrons. The molecule has 3 heterocycles. The minimum Gasteiger partial charge on any atom is -0.444 e. The molecule has 1 amide bonds. The maximum atomic E-state index is 12.1. The third kappa shape index (κ3) is 3.93. The van der Waals surface area contributed by atoms with E-state index in [-0.39, 0.29) is 6.09 Å². The van der Waals surface area contributed by atoms with E-state index in [0.717, 1.165) is 31.8 Å². The smallest absolute Gasteiger partial charge is 0.410 e. The molecule has 0 aromatic rings. The topological polar surface area (TPSA) is 44.8 Å². The first kappa shape index (κ1) is 16.1. The predicted molar refractivity (Wildman–Crippen MR) is 86.9 cm³/mol. The number of rotatable bonds is 2. The van der Waals surface area contributed by atoms with E-state index in [1.807, 2.05) is 25.7 Å². The number of carbonyl (C=O) groups is 1. The number of ether oxygens (including phenoxy) is 1. The number of fused-ring (bicyclic) bond motifs is 2. The summed E-state index contributed by atoms with van der Waals surface area (Å²) in [5, 5.41) is 3.89. The van der Waals surface area contributed by atoms with Crippen LogP contribution in [0.1, 0.15) is 46.5 Å². The Bertz CT molecular complexity index is 399. The molecule has 0 aromatic carbocycles. The number of amides is 1. The number of nitrogens with one attached hydrogen (secondary N) is 1. The van der Waals surface area contributed by atoms with Crippen LogP contribution in [0.5, 0.6) is 0 Å². The zero-order chi connectivity index (χ0) is 15.7. The molecule has 3 atom stereocenters. The average Bonchev–Trinajstić information content (AvgIpc) is 2.84. The fourth-order valence-electron chi connectivity index (χ4n) is 4.03. The molecule has 0 spiro atoms. The summed E-state index contributed by atoms with van der Waals surface area (Å²) in [6.45, 7) is 11.2. The highest BCUT2D eigenvalue weighted by molar-refractivity contribution is 5.68. The van der Waals surface area contributed by atoms with E-state index in [1.54, 1.807) is 0 Å². The lowest BCUT2D eigenvalue weighted by Gasteiger charge is -2.38. The molecule has 1 N–H and O–H groups in total. The molecule has 3 fully saturated rings. The fourth-order valence-corrected chi connectivity index (χ4v) is 4.03. The van der Waals surface area contributed by atoms with Gasteiger partial charge in [-0.05, 0) is 65.5 Å². The van der Waals surface area contributed by atoms with Crippen LogP contribution < -0.4 is 5.32 Å². The van der Waals surface area contributed by atoms with Crippen LogP contribution in [0.25, 0.3) is 0 Å². The van der Waals surface area contributed by atoms with Crippen molar-refractivity contribution in [2.24, 2.45) is 5.92 Å². The first-order valence-electron chi connectivity index (χ1n) is 8.87. The van der Waals surface area contributed by atoms with E-state index in [0.29, 0.717) is 12.1 Å². The van der Waals surface area contributed by atoms with Crippen molar-refractivity contribution in [1.29, 1.82) is 0 Å². The summed E-state index contributed by atoms with van der Waals surface area (Å²) in [5.41, 5.74) is -0.400. The predicted octanol–water partition coefficient (Wildman–Crippen LogP) is 2.07. The summed E-state index contributed by atoms with van der Waals surface area (Å²) in [4.78, 5) is 16.5. The summed E-state index contributed by atoms with van der Waals surface area (Å²) < 4.78 is 5.46. The normalized spacial score (nSPS) is 33.0. The van der Waals surface area contributed by atoms with Crippen molar-refractivity contribution in [1.82, 2.24) is 15.1 Å². The molecule has 2 bridgehead atoms. The Hall–Kier alpha value is -0.810. The van der Waals surface area contributed by atoms with Gasteiger partial charge in [-0.15, -0.1) is 0 Å². The first-order valence-corrected chi connectivity index (χ1v) is 8.87. The Labute approximate surface area is 134 Å². The number of carbonyl (C=O) groups excluding carboxylic acids is 1. The lowest BCUT2D eigenvalue weighted by atomic mass is 9.92. The summed E-state index contributed by atoms with van der Waals surface area (Å²) >= 11 is 0. The molecule has 3 saturated heterocycles. The number of nitrogens with zero attached hydrogens (tertiary/aromatic N) is 2. The standard InChI is InChI=1S/C17H31N3O2/c1-17(2,3)22-16(21)20-10-5-14(6-11-20)18-15-7-9-19-8-4-13(15)12-19/h13-15,18H,4-12H2,1-3H3. The Kier molecular flexibility index (Phi) is 4.64. The van der Waals surface area contributed by atoms with Crippen molar-refractivity contribution in [2.75, 3.05) is 32.7 Å². The highest BCUT2D eigenvalue weighted by atomic mass is 16.6. The summed E-state index contributed by atoms with van der Waals surface area (Å²) in [6, 6.07) is 1.26. The van der Waals surface area contributed by atoms with Gasteiger partial charge in [0.25, 0.3) is 0 Å². The molecule has 22 heavy (non-hydrogen) atoms. The number of hydrogen-bond acceptors (Lipinski definition) is 4. The van der Waals surface area contributed by atoms with Gasteiger partial charge in [-0.1, -0.05) is 0 Å². The highest BCUT2D eigenvalue weighted by Crippen LogP contribution is 2.28. The largest absolute Gasteiger partial charge is 0.444 e. The molecule has 3 aliphatic heterocycles. The molecule has 3 rings (SSSR count). The van der Waals surface area contributed by atoms with E-state index in [4.69, 9.17) is 4.74 Å². The van der Waals surface area contributed by atoms with Crippen LogP contribution in [0.15, 0.2) is 0 Å². The molecule has 5 heteroatoms. The van der Waals surface area contributed by atoms with Crippen LogP contribution in [0.3, 0.4) is 0 Å². The number of likely N-dealkylation sites (tertiary alicyclic amines) is 1. The maximum absolute atomic E-state index is 12.1. The Morgan fingerprint density at radius 2 is 1.73 bits per heavy atom. The molecule has 0 saturated carbocycles. The lowest BCUT2D eigenvalue weighted by molar-refractivity contribution is 0.0192. The van der Waals surface area contributed by atoms with Crippen molar-refractivity contribution in [3.8, 4) is 0 Å². The minimum absolute atomic E-state index is 0.157. The second-order valence-corrected chi connectivity index (χ2v) is 8.15. The fraction of sp³-hybridized carbons (Fsp3) is 0.941. The molecular formula is C17H31N3O2. The quantitative estimate of drug-likeness (QED) is 0.848. The molecule has 3 aliphatic rings. The SMILES string of the molecule is CC(C)(C)OC(=O)N1CCC(NC2CCN3CCC2C3)CC1. The van der Waals surface area contributed by atoms with E-state index in [1.165, 1.54) is 32.5 Å². The van der Waals surface area contributed by atoms with Gasteiger partial charge in [0.15, 0.2) is 0 Å². The lowest BCUT2D eigenvalue weighted by Crippen LogP contribution is -2.52. The third-order valence-electron chi connectivity index (χ3n) is 5.23. The van der Waals surface area contributed by atoms with Gasteiger partial charge in [0, 0.05) is 31.7 Å². The maximum Gasteiger partial charge on any atom is 0.410 e. The van der Waals surface area contributed by atoms with Gasteiger partial charge < -0.3 is 19.9 Å². The van der Waals surface area contributed by atoms with Crippen molar-refractivity contribution in [3.05, 3.63) is 0 Å². The zero-order valence-corrected chi connectivity index (χ0v) is 14.3. The van der Waals surface area contributed by atoms with Crippen LogP contribution in [0.4, 0.5) is 4.79 Å². The zero-order valence-electron chi connectivity index (χ0n) is 14.3. The van der Waals surface area contributed by atoms with Crippen LogP contribution in [0, 0.1) is 5.92 Å². The van der Waals surface area contributed by atoms with Crippen molar-refractivity contribution < 1.29 is 9.53 Å². The first-order chi connectivity index (χ1) is 10.4. The molecule has 0 radical (unpaired) electrons. The Morgan fingerprint density at radius 3 is 2.41 bits per heavy atom. The summed E-state index contributed by atoms with van der Waals surface area (Å²) in [6.07, 6.45) is 4.58. The minimum atomic E-state index is -0.400. The monoisotopic (exact) mass is 309 g/mol. The Balaban J connectivity index is 1.43. The van der Waals surface area contributed by atoms with Crippen LogP contribution in [0.2, 0.25) is 0 Å². The Morgan fingerprint density at radius 1 is 1.05 bits per heavy atom. The van der Waals surface area contributed by atoms with E-state index in [9.17, 15) is 4.79 Å². The van der Waals surface area contributed by atoms with Gasteiger partial charge in [-0.25, -0.2) is 4.79 Å². The van der Waals surface area contributed by atoms with Gasteiger partial charge >= 0.3 is 6.09 Å². The number of hydrogen-bond donors (Lipinski definition) is 1. The third-order valence-corrected chi connectivity index (χ3v) is 5.23. The van der Waals surface area contributed by atoms with E-state index in [2.05, 4.69) is 10.2 Å². The van der Waals surface area contributed by atoms with Crippen LogP contribution in [-0.4, -0.2) is 66.3 Å². The van der Waals surface area contributed by atoms with Crippen LogP contribution in [-0.2, 0) is 4.74 Å². The second kappa shape index (κ2) is 6.36. The van der Waals surface area contributed by atoms with Gasteiger partial charge in [0.05, 0.1) is 0 Å². The van der Waals surface area contributed by atoms with Gasteiger partial charge in [0.1, 0.15) is 5.60 Å². The molecule has 3 unspecified atom stereocenters. The van der Waals surface area contributed by atoms with E-state index >= 15 is 0 Å². The number of piperidine rings is 2. The van der Waals surface area contributed by atoms with Crippen LogP contribution >= 0.6 is 0 Å². The molecule has 0 aromatic heterocycles. The van der Waals surface area contributed by atoms with Gasteiger partial charge in [-0.2, -0.15) is 0 Å². The average molecular weight is 309 g/mol. The molecular weight excluding hydrogens is 278 g/mol. The van der Waals surface area contributed by atoms with E-state index < -0.39 is 5.60 Å². The van der Waals surface area contributed by atoms with Gasteiger partial charge in [-0.3, -0.25) is 0 Å². The van der Waals surface area contributed by atoms with Crippen molar-refractivity contribution in [3.63, 3.8) is 0 Å². The van der Waals surface area contributed by atoms with Gasteiger partial charge in [0.2, 0.25) is 0 Å². The summed E-state index contributed by atoms with van der Waals surface area (Å²) in [7, 11) is 0. The van der Waals surface area contributed by atoms with Crippen molar-refractivity contribution >= 4 is 6.09 Å². The molecule has 5 nitrogen and oxygen atoms in total. The highest BCUT2D eigenvalue weighted by Gasteiger charge is 2.36. The molecule has 0 aliphatic carbocycles. The summed E-state index contributed by atoms with van der Waals surface area (Å²) in [5.74, 6) is 0.845. The second-order valence-electron chi connectivity index (χ2n) is 8.15. The van der Waals surface area contributed by atoms with Crippen molar-refractivity contribution in [2.45, 2.75) is 64.1 Å².